The van der Waals surface area contributed by atoms with Crippen molar-refractivity contribution in [3.05, 3.63) is 0 Å². The van der Waals surface area contributed by atoms with Gasteiger partial charge in [0.2, 0.25) is 5.91 Å². The maximum absolute atomic E-state index is 12.2. The van der Waals surface area contributed by atoms with Crippen LogP contribution in [-0.4, -0.2) is 59.1 Å². The monoisotopic (exact) mass is 298 g/mol. The van der Waals surface area contributed by atoms with Crippen LogP contribution in [0, 0.1) is 17.8 Å². The molecule has 0 aromatic rings. The van der Waals surface area contributed by atoms with E-state index in [9.17, 15) is 14.4 Å². The summed E-state index contributed by atoms with van der Waals surface area (Å²) in [7, 11) is 0. The zero-order valence-corrected chi connectivity index (χ0v) is 12.0. The number of rotatable bonds is 5. The normalized spacial score (nSPS) is 29.3. The minimum atomic E-state index is -1.14. The first kappa shape index (κ1) is 15.8. The van der Waals surface area contributed by atoms with Gasteiger partial charge in [-0.2, -0.15) is 0 Å². The predicted octanol–water partition coefficient (Wildman–Crippen LogP) is 0.0100. The number of piperidine rings is 1. The van der Waals surface area contributed by atoms with Crippen LogP contribution in [0.4, 0.5) is 0 Å². The van der Waals surface area contributed by atoms with Gasteiger partial charge in [0, 0.05) is 19.5 Å². The van der Waals surface area contributed by atoms with Crippen molar-refractivity contribution in [1.29, 1.82) is 0 Å². The van der Waals surface area contributed by atoms with Gasteiger partial charge < -0.3 is 20.4 Å². The number of aliphatic carboxylic acids is 2. The molecule has 1 amide bonds. The minimum absolute atomic E-state index is 0.00799. The van der Waals surface area contributed by atoms with Gasteiger partial charge >= 0.3 is 11.9 Å². The number of carboxylic acid groups (broad SMARTS) is 2. The fourth-order valence-corrected chi connectivity index (χ4v) is 3.17. The molecule has 0 spiro atoms. The fourth-order valence-electron chi connectivity index (χ4n) is 3.17. The van der Waals surface area contributed by atoms with E-state index in [1.165, 1.54) is 4.90 Å². The fraction of sp³-hybridized carbons (Fsp3) is 0.786. The molecule has 0 radical (unpaired) electrons. The lowest BCUT2D eigenvalue weighted by Crippen LogP contribution is -2.48. The summed E-state index contributed by atoms with van der Waals surface area (Å²) in [6, 6.07) is 0. The van der Waals surface area contributed by atoms with Gasteiger partial charge in [-0.1, -0.05) is 0 Å². The van der Waals surface area contributed by atoms with Crippen LogP contribution < -0.4 is 5.32 Å². The molecule has 118 valence electrons. The lowest BCUT2D eigenvalue weighted by Gasteiger charge is -2.34. The molecule has 21 heavy (non-hydrogen) atoms. The zero-order chi connectivity index (χ0) is 15.4. The van der Waals surface area contributed by atoms with Crippen molar-refractivity contribution in [2.24, 2.45) is 17.8 Å². The van der Waals surface area contributed by atoms with Crippen molar-refractivity contribution < 1.29 is 24.6 Å². The maximum atomic E-state index is 12.2. The highest BCUT2D eigenvalue weighted by Crippen LogP contribution is 2.25. The predicted molar refractivity (Wildman–Crippen MR) is 73.7 cm³/mol. The van der Waals surface area contributed by atoms with Crippen molar-refractivity contribution in [2.75, 3.05) is 26.2 Å². The standard InChI is InChI=1S/C14H22N2O5/c17-12(2-1-9-3-5-15-7-9)16-6-4-10(13(18)19)11(8-16)14(20)21/h9-11,15H,1-8H2,(H,18,19)(H,20,21). The molecule has 2 saturated heterocycles. The molecule has 3 N–H and O–H groups in total. The summed E-state index contributed by atoms with van der Waals surface area (Å²) in [5, 5.41) is 21.5. The average molecular weight is 298 g/mol. The Hall–Kier alpha value is -1.63. The molecule has 2 aliphatic rings. The number of carbonyl (C=O) groups excluding carboxylic acids is 1. The summed E-state index contributed by atoms with van der Waals surface area (Å²) in [4.78, 5) is 35.9. The number of amides is 1. The average Bonchev–Trinajstić information content (AvgIpc) is 2.97. The molecule has 0 aromatic carbocycles. The first-order valence-electron chi connectivity index (χ1n) is 7.43. The zero-order valence-electron chi connectivity index (χ0n) is 12.0. The maximum Gasteiger partial charge on any atom is 0.309 e. The molecule has 2 heterocycles. The van der Waals surface area contributed by atoms with Crippen molar-refractivity contribution in [1.82, 2.24) is 10.2 Å². The summed E-state index contributed by atoms with van der Waals surface area (Å²) in [5.41, 5.74) is 0. The van der Waals surface area contributed by atoms with E-state index >= 15 is 0 Å². The molecule has 3 unspecified atom stereocenters. The lowest BCUT2D eigenvalue weighted by molar-refractivity contribution is -0.159. The largest absolute Gasteiger partial charge is 0.481 e. The van der Waals surface area contributed by atoms with E-state index in [2.05, 4.69) is 5.32 Å². The molecule has 0 aromatic heterocycles. The number of carbonyl (C=O) groups is 3. The van der Waals surface area contributed by atoms with Gasteiger partial charge in [0.1, 0.15) is 0 Å². The third kappa shape index (κ3) is 3.93. The quantitative estimate of drug-likeness (QED) is 0.660. The van der Waals surface area contributed by atoms with Crippen LogP contribution in [0.15, 0.2) is 0 Å². The smallest absolute Gasteiger partial charge is 0.309 e. The van der Waals surface area contributed by atoms with Crippen LogP contribution in [-0.2, 0) is 14.4 Å². The van der Waals surface area contributed by atoms with E-state index in [0.29, 0.717) is 18.9 Å². The Morgan fingerprint density at radius 1 is 1.10 bits per heavy atom. The van der Waals surface area contributed by atoms with Crippen LogP contribution in [0.25, 0.3) is 0 Å². The van der Waals surface area contributed by atoms with E-state index in [-0.39, 0.29) is 18.9 Å². The number of carboxylic acids is 2. The van der Waals surface area contributed by atoms with Gasteiger partial charge in [-0.3, -0.25) is 14.4 Å². The SMILES string of the molecule is O=C(O)C1CCN(C(=O)CCC2CCNC2)CC1C(=O)O. The number of nitrogens with zero attached hydrogens (tertiary/aromatic N) is 1. The van der Waals surface area contributed by atoms with E-state index in [4.69, 9.17) is 10.2 Å². The highest BCUT2D eigenvalue weighted by atomic mass is 16.4. The first-order valence-corrected chi connectivity index (χ1v) is 7.43. The van der Waals surface area contributed by atoms with Crippen molar-refractivity contribution in [2.45, 2.75) is 25.7 Å². The molecule has 0 saturated carbocycles. The molecule has 7 nitrogen and oxygen atoms in total. The Labute approximate surface area is 123 Å². The Morgan fingerprint density at radius 2 is 1.81 bits per heavy atom. The Balaban J connectivity index is 1.87. The Morgan fingerprint density at radius 3 is 2.38 bits per heavy atom. The molecule has 7 heteroatoms. The van der Waals surface area contributed by atoms with Crippen LogP contribution >= 0.6 is 0 Å². The summed E-state index contributed by atoms with van der Waals surface area (Å²) >= 11 is 0. The van der Waals surface area contributed by atoms with Gasteiger partial charge in [-0.05, 0) is 38.3 Å². The van der Waals surface area contributed by atoms with E-state index in [1.54, 1.807) is 0 Å². The summed E-state index contributed by atoms with van der Waals surface area (Å²) in [5.74, 6) is -3.68. The second-order valence-corrected chi connectivity index (χ2v) is 5.92. The van der Waals surface area contributed by atoms with Crippen LogP contribution in [0.3, 0.4) is 0 Å². The molecule has 2 rings (SSSR count). The third-order valence-corrected chi connectivity index (χ3v) is 4.53. The number of nitrogens with one attached hydrogen (secondary N) is 1. The van der Waals surface area contributed by atoms with Crippen molar-refractivity contribution in [3.8, 4) is 0 Å². The van der Waals surface area contributed by atoms with Gasteiger partial charge in [0.25, 0.3) is 0 Å². The third-order valence-electron chi connectivity index (χ3n) is 4.53. The highest BCUT2D eigenvalue weighted by molar-refractivity contribution is 5.82. The van der Waals surface area contributed by atoms with E-state index in [0.717, 1.165) is 25.9 Å². The van der Waals surface area contributed by atoms with Gasteiger partial charge in [-0.25, -0.2) is 0 Å². The second-order valence-electron chi connectivity index (χ2n) is 5.92. The van der Waals surface area contributed by atoms with Gasteiger partial charge in [0.15, 0.2) is 0 Å². The summed E-state index contributed by atoms with van der Waals surface area (Å²) in [6.45, 7) is 2.27. The Kier molecular flexibility index (Phi) is 5.17. The second kappa shape index (κ2) is 6.89. The van der Waals surface area contributed by atoms with E-state index < -0.39 is 23.8 Å². The molecule has 2 fully saturated rings. The van der Waals surface area contributed by atoms with Crippen molar-refractivity contribution in [3.63, 3.8) is 0 Å². The van der Waals surface area contributed by atoms with Crippen molar-refractivity contribution >= 4 is 17.8 Å². The molecule has 0 bridgehead atoms. The Bertz CT molecular complexity index is 420. The van der Waals surface area contributed by atoms with Crippen LogP contribution in [0.1, 0.15) is 25.7 Å². The van der Waals surface area contributed by atoms with Crippen LogP contribution in [0.2, 0.25) is 0 Å². The topological polar surface area (TPSA) is 107 Å². The first-order chi connectivity index (χ1) is 9.99. The number of likely N-dealkylation sites (tertiary alicyclic amines) is 1. The molecular formula is C14H22N2O5. The number of hydrogen-bond donors (Lipinski definition) is 3. The molecular weight excluding hydrogens is 276 g/mol. The van der Waals surface area contributed by atoms with Crippen LogP contribution in [0.5, 0.6) is 0 Å². The summed E-state index contributed by atoms with van der Waals surface area (Å²) < 4.78 is 0. The van der Waals surface area contributed by atoms with E-state index in [1.807, 2.05) is 0 Å². The molecule has 2 aliphatic heterocycles. The lowest BCUT2D eigenvalue weighted by atomic mass is 9.85. The van der Waals surface area contributed by atoms with Gasteiger partial charge in [0.05, 0.1) is 11.8 Å². The van der Waals surface area contributed by atoms with Gasteiger partial charge in [-0.15, -0.1) is 0 Å². The highest BCUT2D eigenvalue weighted by Gasteiger charge is 2.39. The minimum Gasteiger partial charge on any atom is -0.481 e. The molecule has 3 atom stereocenters. The number of hydrogen-bond acceptors (Lipinski definition) is 4. The summed E-state index contributed by atoms with van der Waals surface area (Å²) in [6.07, 6.45) is 2.51. The molecule has 0 aliphatic carbocycles.